The summed E-state index contributed by atoms with van der Waals surface area (Å²) in [5.41, 5.74) is 4.10. The van der Waals surface area contributed by atoms with Crippen LogP contribution in [0.2, 0.25) is 0 Å². The molecule has 1 aliphatic rings. The van der Waals surface area contributed by atoms with Crippen LogP contribution >= 0.6 is 0 Å². The van der Waals surface area contributed by atoms with E-state index in [4.69, 9.17) is 0 Å². The van der Waals surface area contributed by atoms with E-state index in [9.17, 15) is 9.18 Å². The fraction of sp³-hybridized carbons (Fsp3) is 0.222. The number of halogens is 1. The molecule has 0 radical (unpaired) electrons. The van der Waals surface area contributed by atoms with E-state index in [0.29, 0.717) is 25.3 Å². The Morgan fingerprint density at radius 1 is 1.12 bits per heavy atom. The van der Waals surface area contributed by atoms with Crippen LogP contribution in [0.1, 0.15) is 33.0 Å². The van der Waals surface area contributed by atoms with Gasteiger partial charge in [-0.25, -0.2) is 9.37 Å². The first-order valence-electron chi connectivity index (χ1n) is 7.96. The number of nitrogens with zero attached hydrogens (tertiary/aromatic N) is 5. The van der Waals surface area contributed by atoms with E-state index in [0.717, 1.165) is 22.5 Å². The van der Waals surface area contributed by atoms with Crippen LogP contribution in [0.15, 0.2) is 42.9 Å². The van der Waals surface area contributed by atoms with Gasteiger partial charge in [-0.1, -0.05) is 12.1 Å². The molecule has 0 fully saturated rings. The minimum Gasteiger partial charge on any atom is -0.327 e. The number of carbonyl (C=O) groups excluding carboxylic acids is 1. The number of aromatic nitrogens is 4. The molecule has 1 aromatic carbocycles. The molecule has 7 heteroatoms. The van der Waals surface area contributed by atoms with Gasteiger partial charge in [0.1, 0.15) is 11.5 Å². The summed E-state index contributed by atoms with van der Waals surface area (Å²) < 4.78 is 14.9. The van der Waals surface area contributed by atoms with Crippen molar-refractivity contribution < 1.29 is 9.18 Å². The summed E-state index contributed by atoms with van der Waals surface area (Å²) in [5.74, 6) is -0.401. The highest BCUT2D eigenvalue weighted by Gasteiger charge is 2.28. The van der Waals surface area contributed by atoms with Crippen LogP contribution in [0.5, 0.6) is 0 Å². The Hall–Kier alpha value is -3.09. The van der Waals surface area contributed by atoms with E-state index in [1.807, 2.05) is 11.6 Å². The number of aryl methyl sites for hydroxylation is 1. The van der Waals surface area contributed by atoms with Gasteiger partial charge >= 0.3 is 0 Å². The Balaban J connectivity index is 1.51. The zero-order valence-corrected chi connectivity index (χ0v) is 13.7. The zero-order valence-electron chi connectivity index (χ0n) is 13.7. The lowest BCUT2D eigenvalue weighted by atomic mass is 10.2. The van der Waals surface area contributed by atoms with Gasteiger partial charge in [-0.15, -0.1) is 0 Å². The van der Waals surface area contributed by atoms with Gasteiger partial charge in [0, 0.05) is 18.3 Å². The minimum absolute atomic E-state index is 0.142. The molecule has 6 nitrogen and oxygen atoms in total. The van der Waals surface area contributed by atoms with Crippen molar-refractivity contribution in [3.05, 3.63) is 76.9 Å². The fourth-order valence-electron chi connectivity index (χ4n) is 2.91. The molecule has 0 bridgehead atoms. The van der Waals surface area contributed by atoms with Gasteiger partial charge in [0.25, 0.3) is 5.91 Å². The van der Waals surface area contributed by atoms with Crippen molar-refractivity contribution in [3.63, 3.8) is 0 Å². The predicted molar refractivity (Wildman–Crippen MR) is 88.1 cm³/mol. The van der Waals surface area contributed by atoms with E-state index >= 15 is 0 Å². The summed E-state index contributed by atoms with van der Waals surface area (Å²) in [4.78, 5) is 22.6. The Labute approximate surface area is 143 Å². The lowest BCUT2D eigenvalue weighted by molar-refractivity contribution is 0.0741. The second-order valence-corrected chi connectivity index (χ2v) is 6.10. The van der Waals surface area contributed by atoms with Gasteiger partial charge in [0.15, 0.2) is 0 Å². The molecule has 2 aromatic heterocycles. The third kappa shape index (κ3) is 3.00. The van der Waals surface area contributed by atoms with Crippen LogP contribution in [0, 0.1) is 12.7 Å². The molecule has 1 aliphatic heterocycles. The van der Waals surface area contributed by atoms with Gasteiger partial charge in [0.05, 0.1) is 36.9 Å². The number of rotatable bonds is 3. The Morgan fingerprint density at radius 2 is 1.92 bits per heavy atom. The zero-order chi connectivity index (χ0) is 17.4. The second-order valence-electron chi connectivity index (χ2n) is 6.10. The normalized spacial score (nSPS) is 13.1. The largest absolute Gasteiger partial charge is 0.327 e. The Morgan fingerprint density at radius 3 is 2.64 bits per heavy atom. The van der Waals surface area contributed by atoms with Crippen LogP contribution < -0.4 is 0 Å². The van der Waals surface area contributed by atoms with Crippen LogP contribution in [0.4, 0.5) is 4.39 Å². The molecule has 1 amide bonds. The number of hydrogen-bond acceptors (Lipinski definition) is 4. The molecule has 25 heavy (non-hydrogen) atoms. The summed E-state index contributed by atoms with van der Waals surface area (Å²) in [6, 6.07) is 6.35. The summed E-state index contributed by atoms with van der Waals surface area (Å²) >= 11 is 0. The fourth-order valence-corrected chi connectivity index (χ4v) is 2.91. The third-order valence-electron chi connectivity index (χ3n) is 4.27. The Kier molecular flexibility index (Phi) is 3.76. The second kappa shape index (κ2) is 6.08. The molecule has 0 saturated heterocycles. The van der Waals surface area contributed by atoms with Crippen LogP contribution in [0.3, 0.4) is 0 Å². The first kappa shape index (κ1) is 15.4. The van der Waals surface area contributed by atoms with Crippen molar-refractivity contribution in [2.24, 2.45) is 0 Å². The lowest BCUT2D eigenvalue weighted by Crippen LogP contribution is -2.27. The number of amides is 1. The van der Waals surface area contributed by atoms with Crippen molar-refractivity contribution in [3.8, 4) is 0 Å². The first-order valence-corrected chi connectivity index (χ1v) is 7.96. The highest BCUT2D eigenvalue weighted by molar-refractivity contribution is 5.92. The summed E-state index contributed by atoms with van der Waals surface area (Å²) in [7, 11) is 0. The average Bonchev–Trinajstić information content (AvgIpc) is 3.19. The number of fused-ring (bicyclic) bond motifs is 1. The van der Waals surface area contributed by atoms with E-state index < -0.39 is 0 Å². The minimum atomic E-state index is -0.259. The molecule has 126 valence electrons. The maximum Gasteiger partial charge on any atom is 0.274 e. The summed E-state index contributed by atoms with van der Waals surface area (Å²) in [6.45, 7) is 3.36. The van der Waals surface area contributed by atoms with Gasteiger partial charge in [-0.05, 0) is 24.6 Å². The van der Waals surface area contributed by atoms with E-state index in [1.54, 1.807) is 29.4 Å². The molecule has 3 heterocycles. The molecular weight excluding hydrogens is 321 g/mol. The first-order chi connectivity index (χ1) is 12.1. The van der Waals surface area contributed by atoms with E-state index in [2.05, 4.69) is 15.1 Å². The smallest absolute Gasteiger partial charge is 0.274 e. The van der Waals surface area contributed by atoms with Crippen molar-refractivity contribution in [2.45, 2.75) is 26.6 Å². The highest BCUT2D eigenvalue weighted by Crippen LogP contribution is 2.24. The number of carbonyl (C=O) groups is 1. The molecule has 0 aliphatic carbocycles. The van der Waals surface area contributed by atoms with Crippen molar-refractivity contribution in [1.82, 2.24) is 24.6 Å². The summed E-state index contributed by atoms with van der Waals surface area (Å²) in [6.07, 6.45) is 4.88. The maximum absolute atomic E-state index is 13.0. The van der Waals surface area contributed by atoms with Crippen molar-refractivity contribution in [1.29, 1.82) is 0 Å². The van der Waals surface area contributed by atoms with E-state index in [1.165, 1.54) is 18.3 Å². The maximum atomic E-state index is 13.0. The summed E-state index contributed by atoms with van der Waals surface area (Å²) in [5, 5.41) is 4.39. The van der Waals surface area contributed by atoms with Gasteiger partial charge in [-0.3, -0.25) is 14.5 Å². The molecule has 3 aromatic rings. The highest BCUT2D eigenvalue weighted by atomic mass is 19.1. The lowest BCUT2D eigenvalue weighted by Gasteiger charge is -2.15. The molecule has 0 atom stereocenters. The molecule has 0 N–H and O–H groups in total. The van der Waals surface area contributed by atoms with E-state index in [-0.39, 0.29) is 11.7 Å². The molecule has 0 unspecified atom stereocenters. The average molecular weight is 337 g/mol. The topological polar surface area (TPSA) is 63.9 Å². The number of hydrogen-bond donors (Lipinski definition) is 0. The van der Waals surface area contributed by atoms with Crippen molar-refractivity contribution >= 4 is 5.91 Å². The quantitative estimate of drug-likeness (QED) is 0.736. The molecule has 4 rings (SSSR count). The standard InChI is InChI=1S/C18H16FN5O/c1-12-6-21-16(8-20-12)18(25)23-10-14-7-22-24(17(14)11-23)9-13-2-4-15(19)5-3-13/h2-8H,9-11H2,1H3. The Bertz CT molecular complexity index is 918. The number of benzene rings is 1. The van der Waals surface area contributed by atoms with Gasteiger partial charge in [-0.2, -0.15) is 5.10 Å². The van der Waals surface area contributed by atoms with Gasteiger partial charge in [0.2, 0.25) is 0 Å². The third-order valence-corrected chi connectivity index (χ3v) is 4.27. The van der Waals surface area contributed by atoms with Crippen LogP contribution in [-0.2, 0) is 19.6 Å². The molecule has 0 saturated carbocycles. The van der Waals surface area contributed by atoms with Crippen LogP contribution in [-0.4, -0.2) is 30.6 Å². The van der Waals surface area contributed by atoms with Crippen LogP contribution in [0.25, 0.3) is 0 Å². The SMILES string of the molecule is Cc1cnc(C(=O)N2Cc3cnn(Cc4ccc(F)cc4)c3C2)cn1. The molecular formula is C18H16FN5O. The van der Waals surface area contributed by atoms with Crippen molar-refractivity contribution in [2.75, 3.05) is 0 Å². The molecule has 0 spiro atoms. The monoisotopic (exact) mass is 337 g/mol. The predicted octanol–water partition coefficient (Wildman–Crippen LogP) is 2.32. The van der Waals surface area contributed by atoms with Gasteiger partial charge < -0.3 is 4.90 Å².